The monoisotopic (exact) mass is 250 g/mol. The third-order valence-corrected chi connectivity index (χ3v) is 3.51. The van der Waals surface area contributed by atoms with Crippen molar-refractivity contribution in [1.29, 1.82) is 0 Å². The average molecular weight is 250 g/mol. The molecule has 100 valence electrons. The molecular weight excluding hydrogens is 228 g/mol. The number of nitrogens with one attached hydrogen (secondary N) is 2. The van der Waals surface area contributed by atoms with Crippen molar-refractivity contribution in [3.8, 4) is 0 Å². The van der Waals surface area contributed by atoms with Gasteiger partial charge in [0.15, 0.2) is 0 Å². The summed E-state index contributed by atoms with van der Waals surface area (Å²) in [6, 6.07) is 1.89. The quantitative estimate of drug-likeness (QED) is 0.760. The highest BCUT2D eigenvalue weighted by molar-refractivity contribution is 5.47. The van der Waals surface area contributed by atoms with Crippen molar-refractivity contribution < 1.29 is 5.11 Å². The largest absolute Gasteiger partial charge is 0.393 e. The van der Waals surface area contributed by atoms with E-state index < -0.39 is 0 Å². The summed E-state index contributed by atoms with van der Waals surface area (Å²) >= 11 is 0. The van der Waals surface area contributed by atoms with Gasteiger partial charge < -0.3 is 15.7 Å². The Labute approximate surface area is 108 Å². The number of hydrogen-bond acceptors (Lipinski definition) is 5. The van der Waals surface area contributed by atoms with E-state index in [1.165, 1.54) is 6.42 Å². The molecule has 5 heteroatoms. The van der Waals surface area contributed by atoms with Crippen molar-refractivity contribution in [2.75, 3.05) is 24.2 Å². The molecule has 1 aromatic rings. The van der Waals surface area contributed by atoms with Crippen molar-refractivity contribution in [2.24, 2.45) is 5.92 Å². The number of anilines is 2. The summed E-state index contributed by atoms with van der Waals surface area (Å²) in [7, 11) is 1.84. The van der Waals surface area contributed by atoms with E-state index in [-0.39, 0.29) is 6.10 Å². The fourth-order valence-corrected chi connectivity index (χ4v) is 2.45. The first-order chi connectivity index (χ1) is 8.69. The number of aliphatic hydroxyl groups excluding tert-OH is 1. The van der Waals surface area contributed by atoms with Gasteiger partial charge in [-0.1, -0.05) is 12.8 Å². The molecule has 5 nitrogen and oxygen atoms in total. The molecule has 0 saturated heterocycles. The highest BCUT2D eigenvalue weighted by Gasteiger charge is 2.22. The Morgan fingerprint density at radius 1 is 1.28 bits per heavy atom. The summed E-state index contributed by atoms with van der Waals surface area (Å²) in [5, 5.41) is 16.2. The first-order valence-corrected chi connectivity index (χ1v) is 6.64. The fourth-order valence-electron chi connectivity index (χ4n) is 2.45. The second-order valence-electron chi connectivity index (χ2n) is 4.93. The van der Waals surface area contributed by atoms with Crippen LogP contribution < -0.4 is 10.6 Å². The first kappa shape index (κ1) is 13.1. The van der Waals surface area contributed by atoms with Crippen LogP contribution in [0.15, 0.2) is 6.07 Å². The number of aromatic nitrogens is 2. The topological polar surface area (TPSA) is 70.1 Å². The third-order valence-electron chi connectivity index (χ3n) is 3.51. The third kappa shape index (κ3) is 3.32. The molecule has 0 aliphatic heterocycles. The van der Waals surface area contributed by atoms with E-state index >= 15 is 0 Å². The number of nitrogens with zero attached hydrogens (tertiary/aromatic N) is 2. The molecular formula is C13H22N4O. The predicted octanol–water partition coefficient (Wildman–Crippen LogP) is 1.79. The zero-order valence-corrected chi connectivity index (χ0v) is 11.1. The van der Waals surface area contributed by atoms with Crippen LogP contribution in [0.2, 0.25) is 0 Å². The second kappa shape index (κ2) is 6.00. The van der Waals surface area contributed by atoms with Gasteiger partial charge in [-0.15, -0.1) is 0 Å². The number of hydrogen-bond donors (Lipinski definition) is 3. The van der Waals surface area contributed by atoms with Crippen LogP contribution in [0.4, 0.5) is 11.6 Å². The minimum absolute atomic E-state index is 0.169. The molecule has 2 unspecified atom stereocenters. The van der Waals surface area contributed by atoms with Gasteiger partial charge >= 0.3 is 0 Å². The van der Waals surface area contributed by atoms with Crippen LogP contribution >= 0.6 is 0 Å². The first-order valence-electron chi connectivity index (χ1n) is 6.64. The van der Waals surface area contributed by atoms with Crippen LogP contribution in [0.25, 0.3) is 0 Å². The molecule has 2 atom stereocenters. The zero-order chi connectivity index (χ0) is 13.0. The van der Waals surface area contributed by atoms with E-state index in [0.717, 1.165) is 43.3 Å². The minimum Gasteiger partial charge on any atom is -0.393 e. The van der Waals surface area contributed by atoms with Gasteiger partial charge in [-0.25, -0.2) is 9.97 Å². The van der Waals surface area contributed by atoms with E-state index in [2.05, 4.69) is 20.6 Å². The van der Waals surface area contributed by atoms with Crippen LogP contribution in [-0.2, 0) is 0 Å². The Bertz CT molecular complexity index is 397. The van der Waals surface area contributed by atoms with Crippen molar-refractivity contribution >= 4 is 11.6 Å². The molecule has 1 saturated carbocycles. The second-order valence-corrected chi connectivity index (χ2v) is 4.93. The number of aryl methyl sites for hydroxylation is 1. The summed E-state index contributed by atoms with van der Waals surface area (Å²) < 4.78 is 0. The number of rotatable bonds is 4. The molecule has 1 aromatic heterocycles. The molecule has 2 rings (SSSR count). The van der Waals surface area contributed by atoms with Crippen LogP contribution in [0.1, 0.15) is 31.5 Å². The van der Waals surface area contributed by atoms with Gasteiger partial charge in [0, 0.05) is 25.6 Å². The number of aliphatic hydroxyl groups is 1. The maximum absolute atomic E-state index is 9.92. The van der Waals surface area contributed by atoms with Gasteiger partial charge in [-0.05, 0) is 19.8 Å². The molecule has 0 amide bonds. The lowest BCUT2D eigenvalue weighted by Crippen LogP contribution is -2.30. The van der Waals surface area contributed by atoms with Gasteiger partial charge in [0.05, 0.1) is 6.10 Å². The van der Waals surface area contributed by atoms with Gasteiger partial charge in [0.25, 0.3) is 0 Å². The fraction of sp³-hybridized carbons (Fsp3) is 0.692. The zero-order valence-electron chi connectivity index (χ0n) is 11.1. The maximum Gasteiger partial charge on any atom is 0.131 e. The average Bonchev–Trinajstić information content (AvgIpc) is 2.37. The van der Waals surface area contributed by atoms with Gasteiger partial charge in [-0.2, -0.15) is 0 Å². The Morgan fingerprint density at radius 2 is 2.00 bits per heavy atom. The van der Waals surface area contributed by atoms with E-state index in [1.54, 1.807) is 0 Å². The molecule has 0 bridgehead atoms. The van der Waals surface area contributed by atoms with Crippen LogP contribution in [0, 0.1) is 12.8 Å². The van der Waals surface area contributed by atoms with E-state index in [0.29, 0.717) is 5.92 Å². The van der Waals surface area contributed by atoms with Gasteiger partial charge in [0.2, 0.25) is 0 Å². The van der Waals surface area contributed by atoms with Gasteiger partial charge in [0.1, 0.15) is 17.5 Å². The molecule has 1 aliphatic rings. The van der Waals surface area contributed by atoms with Crippen molar-refractivity contribution in [3.63, 3.8) is 0 Å². The van der Waals surface area contributed by atoms with Crippen molar-refractivity contribution in [1.82, 2.24) is 9.97 Å². The predicted molar refractivity (Wildman–Crippen MR) is 72.8 cm³/mol. The van der Waals surface area contributed by atoms with E-state index in [1.807, 2.05) is 20.0 Å². The lowest BCUT2D eigenvalue weighted by molar-refractivity contribution is 0.0763. The molecule has 1 aliphatic carbocycles. The maximum atomic E-state index is 9.92. The normalized spacial score (nSPS) is 23.7. The summed E-state index contributed by atoms with van der Waals surface area (Å²) in [5.41, 5.74) is 0. The van der Waals surface area contributed by atoms with Crippen LogP contribution in [0.3, 0.4) is 0 Å². The van der Waals surface area contributed by atoms with Gasteiger partial charge in [-0.3, -0.25) is 0 Å². The highest BCUT2D eigenvalue weighted by Crippen LogP contribution is 2.24. The van der Waals surface area contributed by atoms with E-state index in [9.17, 15) is 5.11 Å². The smallest absolute Gasteiger partial charge is 0.131 e. The summed E-state index contributed by atoms with van der Waals surface area (Å²) in [6.07, 6.45) is 4.22. The van der Waals surface area contributed by atoms with Crippen molar-refractivity contribution in [3.05, 3.63) is 11.9 Å². The molecule has 18 heavy (non-hydrogen) atoms. The molecule has 0 radical (unpaired) electrons. The summed E-state index contributed by atoms with van der Waals surface area (Å²) in [6.45, 7) is 2.66. The highest BCUT2D eigenvalue weighted by atomic mass is 16.3. The lowest BCUT2D eigenvalue weighted by Gasteiger charge is -2.27. The lowest BCUT2D eigenvalue weighted by atomic mass is 9.86. The molecule has 0 spiro atoms. The van der Waals surface area contributed by atoms with Crippen molar-refractivity contribution in [2.45, 2.75) is 38.7 Å². The standard InChI is InChI=1S/C13H22N4O/c1-9-16-12(14-2)7-13(17-9)15-8-10-5-3-4-6-11(10)18/h7,10-11,18H,3-6,8H2,1-2H3,(H2,14,15,16,17). The Balaban J connectivity index is 1.94. The SMILES string of the molecule is CNc1cc(NCC2CCCCC2O)nc(C)n1. The Morgan fingerprint density at radius 3 is 2.72 bits per heavy atom. The summed E-state index contributed by atoms with van der Waals surface area (Å²) in [5.74, 6) is 2.72. The van der Waals surface area contributed by atoms with Crippen LogP contribution in [-0.4, -0.2) is 34.8 Å². The van der Waals surface area contributed by atoms with Crippen LogP contribution in [0.5, 0.6) is 0 Å². The van der Waals surface area contributed by atoms with E-state index in [4.69, 9.17) is 0 Å². The summed E-state index contributed by atoms with van der Waals surface area (Å²) in [4.78, 5) is 8.60. The molecule has 0 aromatic carbocycles. The molecule has 3 N–H and O–H groups in total. The molecule has 1 fully saturated rings. The Hall–Kier alpha value is -1.36. The molecule has 1 heterocycles. The minimum atomic E-state index is -0.169. The Kier molecular flexibility index (Phi) is 4.36.